The molecule has 0 bridgehead atoms. The molecule has 0 saturated carbocycles. The van der Waals surface area contributed by atoms with Gasteiger partial charge in [-0.05, 0) is 49.0 Å². The third-order valence-corrected chi connectivity index (χ3v) is 3.40. The van der Waals surface area contributed by atoms with Crippen LogP contribution < -0.4 is 9.47 Å². The average molecular weight is 284 g/mol. The standard InChI is InChI=1S/C15H18F2O3/c1-19-12-8-7-11(9-13(12)20-15(16)17)14(18)10-5-3-2-4-6-10/h5,7-9,14-15,18H,2-4,6H2,1H3. The lowest BCUT2D eigenvalue weighted by atomic mass is 9.92. The summed E-state index contributed by atoms with van der Waals surface area (Å²) in [4.78, 5) is 0. The minimum absolute atomic E-state index is 0.0598. The van der Waals surface area contributed by atoms with Gasteiger partial charge in [0, 0.05) is 0 Å². The van der Waals surface area contributed by atoms with Gasteiger partial charge < -0.3 is 14.6 Å². The van der Waals surface area contributed by atoms with Gasteiger partial charge in [-0.1, -0.05) is 12.1 Å². The first-order valence-electron chi connectivity index (χ1n) is 6.61. The quantitative estimate of drug-likeness (QED) is 0.835. The Bertz CT molecular complexity index is 486. The molecule has 0 spiro atoms. The van der Waals surface area contributed by atoms with E-state index < -0.39 is 12.7 Å². The summed E-state index contributed by atoms with van der Waals surface area (Å²) in [5, 5.41) is 10.3. The van der Waals surface area contributed by atoms with E-state index in [-0.39, 0.29) is 11.5 Å². The summed E-state index contributed by atoms with van der Waals surface area (Å²) < 4.78 is 34.1. The summed E-state index contributed by atoms with van der Waals surface area (Å²) in [5.41, 5.74) is 1.47. The van der Waals surface area contributed by atoms with Crippen LogP contribution in [0.5, 0.6) is 11.5 Å². The molecule has 1 aliphatic carbocycles. The molecule has 1 aliphatic rings. The second kappa shape index (κ2) is 6.70. The number of alkyl halides is 2. The van der Waals surface area contributed by atoms with Gasteiger partial charge in [0.25, 0.3) is 0 Å². The third kappa shape index (κ3) is 3.48. The van der Waals surface area contributed by atoms with Crippen LogP contribution in [0.4, 0.5) is 8.78 Å². The first-order valence-corrected chi connectivity index (χ1v) is 6.61. The van der Waals surface area contributed by atoms with Crippen LogP contribution in [-0.2, 0) is 0 Å². The second-order valence-corrected chi connectivity index (χ2v) is 4.72. The molecule has 5 heteroatoms. The summed E-state index contributed by atoms with van der Waals surface area (Å²) in [5.74, 6) is 0.161. The van der Waals surface area contributed by atoms with Gasteiger partial charge in [0.15, 0.2) is 11.5 Å². The zero-order valence-electron chi connectivity index (χ0n) is 11.3. The van der Waals surface area contributed by atoms with Crippen molar-refractivity contribution in [3.8, 4) is 11.5 Å². The lowest BCUT2D eigenvalue weighted by Crippen LogP contribution is -2.07. The Morgan fingerprint density at radius 3 is 2.60 bits per heavy atom. The Labute approximate surface area is 116 Å². The molecule has 20 heavy (non-hydrogen) atoms. The molecule has 3 nitrogen and oxygen atoms in total. The zero-order chi connectivity index (χ0) is 14.5. The van der Waals surface area contributed by atoms with Crippen molar-refractivity contribution in [1.29, 1.82) is 0 Å². The maximum absolute atomic E-state index is 12.4. The molecule has 1 unspecified atom stereocenters. The molecule has 1 atom stereocenters. The number of ether oxygens (including phenoxy) is 2. The van der Waals surface area contributed by atoms with E-state index in [0.717, 1.165) is 31.3 Å². The van der Waals surface area contributed by atoms with Gasteiger partial charge in [0.05, 0.1) is 7.11 Å². The molecule has 0 fully saturated rings. The monoisotopic (exact) mass is 284 g/mol. The van der Waals surface area contributed by atoms with Crippen molar-refractivity contribution in [3.63, 3.8) is 0 Å². The van der Waals surface area contributed by atoms with Gasteiger partial charge in [-0.3, -0.25) is 0 Å². The average Bonchev–Trinajstić information content (AvgIpc) is 2.46. The highest BCUT2D eigenvalue weighted by molar-refractivity contribution is 5.45. The van der Waals surface area contributed by atoms with Crippen LogP contribution >= 0.6 is 0 Å². The van der Waals surface area contributed by atoms with Crippen molar-refractivity contribution in [2.24, 2.45) is 0 Å². The Morgan fingerprint density at radius 1 is 1.20 bits per heavy atom. The molecule has 0 aromatic heterocycles. The summed E-state index contributed by atoms with van der Waals surface area (Å²) in [7, 11) is 1.38. The van der Waals surface area contributed by atoms with Gasteiger partial charge in [-0.2, -0.15) is 8.78 Å². The molecule has 2 rings (SSSR count). The Morgan fingerprint density at radius 2 is 2.00 bits per heavy atom. The van der Waals surface area contributed by atoms with Crippen molar-refractivity contribution >= 4 is 0 Å². The topological polar surface area (TPSA) is 38.7 Å². The highest BCUT2D eigenvalue weighted by Gasteiger charge is 2.18. The van der Waals surface area contributed by atoms with E-state index in [1.165, 1.54) is 19.2 Å². The summed E-state index contributed by atoms with van der Waals surface area (Å²) in [6, 6.07) is 4.60. The van der Waals surface area contributed by atoms with Gasteiger partial charge in [-0.25, -0.2) is 0 Å². The van der Waals surface area contributed by atoms with Gasteiger partial charge >= 0.3 is 6.61 Å². The van der Waals surface area contributed by atoms with Gasteiger partial charge in [0.1, 0.15) is 6.10 Å². The predicted octanol–water partition coefficient (Wildman–Crippen LogP) is 3.83. The van der Waals surface area contributed by atoms with Gasteiger partial charge in [0.2, 0.25) is 0 Å². The molecule has 110 valence electrons. The third-order valence-electron chi connectivity index (χ3n) is 3.40. The van der Waals surface area contributed by atoms with Crippen LogP contribution in [0.1, 0.15) is 37.4 Å². The highest BCUT2D eigenvalue weighted by Crippen LogP contribution is 2.35. The summed E-state index contributed by atoms with van der Waals surface area (Å²) >= 11 is 0. The maximum Gasteiger partial charge on any atom is 0.387 e. The van der Waals surface area contributed by atoms with E-state index >= 15 is 0 Å². The molecule has 0 radical (unpaired) electrons. The van der Waals surface area contributed by atoms with E-state index in [4.69, 9.17) is 4.74 Å². The number of aliphatic hydroxyl groups excluding tert-OH is 1. The largest absolute Gasteiger partial charge is 0.493 e. The molecule has 0 aliphatic heterocycles. The summed E-state index contributed by atoms with van der Waals surface area (Å²) in [6.07, 6.45) is 5.19. The Hall–Kier alpha value is -1.62. The lowest BCUT2D eigenvalue weighted by Gasteiger charge is -2.20. The smallest absolute Gasteiger partial charge is 0.387 e. The van der Waals surface area contributed by atoms with Crippen LogP contribution in [0.15, 0.2) is 29.8 Å². The SMILES string of the molecule is COc1ccc(C(O)C2=CCCCC2)cc1OC(F)F. The molecular formula is C15H18F2O3. The number of aliphatic hydroxyl groups is 1. The maximum atomic E-state index is 12.4. The fourth-order valence-electron chi connectivity index (χ4n) is 2.38. The van der Waals surface area contributed by atoms with Crippen LogP contribution in [0.3, 0.4) is 0 Å². The number of benzene rings is 1. The van der Waals surface area contributed by atoms with Crippen LogP contribution in [0.2, 0.25) is 0 Å². The number of methoxy groups -OCH3 is 1. The first kappa shape index (κ1) is 14.8. The van der Waals surface area contributed by atoms with Crippen LogP contribution in [-0.4, -0.2) is 18.8 Å². The molecule has 1 aromatic rings. The minimum Gasteiger partial charge on any atom is -0.493 e. The first-order chi connectivity index (χ1) is 9.61. The van der Waals surface area contributed by atoms with Crippen LogP contribution in [0, 0.1) is 0 Å². The Balaban J connectivity index is 2.25. The number of hydrogen-bond acceptors (Lipinski definition) is 3. The highest BCUT2D eigenvalue weighted by atomic mass is 19.3. The molecule has 0 amide bonds. The number of halogens is 2. The summed E-state index contributed by atoms with van der Waals surface area (Å²) in [6.45, 7) is -2.93. The van der Waals surface area contributed by atoms with Crippen molar-refractivity contribution < 1.29 is 23.4 Å². The second-order valence-electron chi connectivity index (χ2n) is 4.72. The lowest BCUT2D eigenvalue weighted by molar-refractivity contribution is -0.0513. The van der Waals surface area contributed by atoms with Crippen molar-refractivity contribution in [3.05, 3.63) is 35.4 Å². The molecule has 0 heterocycles. The molecular weight excluding hydrogens is 266 g/mol. The fraction of sp³-hybridized carbons (Fsp3) is 0.467. The number of rotatable bonds is 5. The van der Waals surface area contributed by atoms with Gasteiger partial charge in [-0.15, -0.1) is 0 Å². The zero-order valence-corrected chi connectivity index (χ0v) is 11.3. The number of hydrogen-bond donors (Lipinski definition) is 1. The minimum atomic E-state index is -2.93. The van der Waals surface area contributed by atoms with Crippen molar-refractivity contribution in [1.82, 2.24) is 0 Å². The van der Waals surface area contributed by atoms with E-state index in [0.29, 0.717) is 5.56 Å². The molecule has 1 aromatic carbocycles. The van der Waals surface area contributed by atoms with E-state index in [2.05, 4.69) is 4.74 Å². The van der Waals surface area contributed by atoms with Crippen molar-refractivity contribution in [2.75, 3.05) is 7.11 Å². The molecule has 1 N–H and O–H groups in total. The predicted molar refractivity (Wildman–Crippen MR) is 71.1 cm³/mol. The van der Waals surface area contributed by atoms with E-state index in [9.17, 15) is 13.9 Å². The Kier molecular flexibility index (Phi) is 4.95. The molecule has 0 saturated heterocycles. The van der Waals surface area contributed by atoms with Crippen molar-refractivity contribution in [2.45, 2.75) is 38.4 Å². The fourth-order valence-corrected chi connectivity index (χ4v) is 2.38. The van der Waals surface area contributed by atoms with E-state index in [1.54, 1.807) is 6.07 Å². The van der Waals surface area contributed by atoms with Crippen LogP contribution in [0.25, 0.3) is 0 Å². The van der Waals surface area contributed by atoms with E-state index in [1.807, 2.05) is 6.08 Å². The number of allylic oxidation sites excluding steroid dienone is 1. The normalized spacial score (nSPS) is 16.8.